The number of hydrogen-bond donors (Lipinski definition) is 1. The average molecular weight is 343 g/mol. The first-order valence-electron chi connectivity index (χ1n) is 8.43. The fourth-order valence-electron chi connectivity index (χ4n) is 3.27. The number of carboxylic acids is 1. The average Bonchev–Trinajstić information content (AvgIpc) is 3.06. The van der Waals surface area contributed by atoms with E-state index in [0.717, 1.165) is 0 Å². The van der Waals surface area contributed by atoms with Crippen LogP contribution in [-0.4, -0.2) is 44.3 Å². The Morgan fingerprint density at radius 1 is 1.28 bits per heavy atom. The molecular formula is C18H21N3O4. The molecule has 0 saturated carbocycles. The lowest BCUT2D eigenvalue weighted by Gasteiger charge is -2.22. The van der Waals surface area contributed by atoms with Gasteiger partial charge in [0.05, 0.1) is 5.39 Å². The number of hydrogen-bond acceptors (Lipinski definition) is 4. The van der Waals surface area contributed by atoms with Crippen molar-refractivity contribution in [1.29, 1.82) is 0 Å². The molecule has 1 aromatic carbocycles. The Kier molecular flexibility index (Phi) is 4.57. The van der Waals surface area contributed by atoms with Crippen LogP contribution in [0.2, 0.25) is 0 Å². The molecule has 0 bridgehead atoms. The molecule has 1 saturated heterocycles. The van der Waals surface area contributed by atoms with Crippen LogP contribution in [0, 0.1) is 5.92 Å². The number of aliphatic carboxylic acids is 1. The van der Waals surface area contributed by atoms with Gasteiger partial charge in [0.25, 0.3) is 11.5 Å². The highest BCUT2D eigenvalue weighted by Gasteiger charge is 2.36. The summed E-state index contributed by atoms with van der Waals surface area (Å²) >= 11 is 0. The summed E-state index contributed by atoms with van der Waals surface area (Å²) in [7, 11) is 0. The molecule has 3 rings (SSSR count). The number of carbonyl (C=O) groups is 2. The third-order valence-electron chi connectivity index (χ3n) is 4.41. The van der Waals surface area contributed by atoms with E-state index in [1.165, 1.54) is 9.58 Å². The lowest BCUT2D eigenvalue weighted by molar-refractivity contribution is -0.141. The van der Waals surface area contributed by atoms with Gasteiger partial charge >= 0.3 is 5.97 Å². The van der Waals surface area contributed by atoms with Crippen LogP contribution < -0.4 is 5.56 Å². The molecule has 25 heavy (non-hydrogen) atoms. The maximum Gasteiger partial charge on any atom is 0.326 e. The molecule has 1 amide bonds. The Balaban J connectivity index is 2.14. The third-order valence-corrected chi connectivity index (χ3v) is 4.41. The molecule has 7 nitrogen and oxygen atoms in total. The molecule has 1 atom stereocenters. The van der Waals surface area contributed by atoms with E-state index in [1.807, 2.05) is 13.8 Å². The van der Waals surface area contributed by atoms with E-state index in [1.54, 1.807) is 24.3 Å². The first-order chi connectivity index (χ1) is 11.9. The molecule has 1 aromatic heterocycles. The molecular weight excluding hydrogens is 322 g/mol. The molecule has 0 radical (unpaired) electrons. The lowest BCUT2D eigenvalue weighted by Crippen LogP contribution is -2.41. The zero-order valence-corrected chi connectivity index (χ0v) is 14.3. The normalized spacial score (nSPS) is 17.4. The van der Waals surface area contributed by atoms with Crippen LogP contribution in [0.4, 0.5) is 0 Å². The fraction of sp³-hybridized carbons (Fsp3) is 0.444. The number of carbonyl (C=O) groups excluding carboxylic acids is 1. The summed E-state index contributed by atoms with van der Waals surface area (Å²) in [5.74, 6) is -1.25. The Morgan fingerprint density at radius 3 is 2.60 bits per heavy atom. The minimum absolute atomic E-state index is 0.143. The second kappa shape index (κ2) is 6.66. The van der Waals surface area contributed by atoms with Crippen molar-refractivity contribution in [2.75, 3.05) is 6.54 Å². The first-order valence-corrected chi connectivity index (χ1v) is 8.43. The molecule has 0 spiro atoms. The van der Waals surface area contributed by atoms with Crippen LogP contribution in [0.5, 0.6) is 0 Å². The van der Waals surface area contributed by atoms with Crippen molar-refractivity contribution in [2.45, 2.75) is 39.3 Å². The molecule has 1 aliphatic heterocycles. The zero-order valence-electron chi connectivity index (χ0n) is 14.3. The summed E-state index contributed by atoms with van der Waals surface area (Å²) in [5.41, 5.74) is -0.0962. The smallest absolute Gasteiger partial charge is 0.326 e. The van der Waals surface area contributed by atoms with Crippen LogP contribution >= 0.6 is 0 Å². The maximum atomic E-state index is 13.0. The van der Waals surface area contributed by atoms with Gasteiger partial charge in [0.1, 0.15) is 6.04 Å². The second-order valence-electron chi connectivity index (χ2n) is 6.77. The Bertz CT molecular complexity index is 888. The van der Waals surface area contributed by atoms with Crippen molar-refractivity contribution in [2.24, 2.45) is 5.92 Å². The van der Waals surface area contributed by atoms with Crippen LogP contribution in [0.3, 0.4) is 0 Å². The number of benzene rings is 1. The number of carboxylic acid groups (broad SMARTS) is 1. The highest BCUT2D eigenvalue weighted by molar-refractivity contribution is 6.05. The van der Waals surface area contributed by atoms with E-state index in [0.29, 0.717) is 36.7 Å². The summed E-state index contributed by atoms with van der Waals surface area (Å²) in [4.78, 5) is 38.4. The van der Waals surface area contributed by atoms with Crippen LogP contribution in [-0.2, 0) is 11.3 Å². The SMILES string of the molecule is CC(C)Cn1nc(C(=O)N2CCCC2C(=O)O)c2ccccc2c1=O. The van der Waals surface area contributed by atoms with Gasteiger partial charge in [-0.15, -0.1) is 0 Å². The van der Waals surface area contributed by atoms with Crippen molar-refractivity contribution in [3.05, 3.63) is 40.3 Å². The standard InChI is InChI=1S/C18H21N3O4/c1-11(2)10-21-16(22)13-7-4-3-6-12(13)15(19-21)17(23)20-9-5-8-14(20)18(24)25/h3-4,6-7,11,14H,5,8-10H2,1-2H3,(H,24,25). The topological polar surface area (TPSA) is 92.5 Å². The van der Waals surface area contributed by atoms with Crippen LogP contribution in [0.1, 0.15) is 37.2 Å². The highest BCUT2D eigenvalue weighted by Crippen LogP contribution is 2.22. The Morgan fingerprint density at radius 2 is 1.96 bits per heavy atom. The number of aromatic nitrogens is 2. The lowest BCUT2D eigenvalue weighted by atomic mass is 10.1. The summed E-state index contributed by atoms with van der Waals surface area (Å²) in [6.07, 6.45) is 1.08. The molecule has 1 N–H and O–H groups in total. The quantitative estimate of drug-likeness (QED) is 0.913. The van der Waals surface area contributed by atoms with Crippen LogP contribution in [0.15, 0.2) is 29.1 Å². The summed E-state index contributed by atoms with van der Waals surface area (Å²) < 4.78 is 1.31. The predicted octanol–water partition coefficient (Wildman–Crippen LogP) is 1.74. The van der Waals surface area contributed by atoms with Crippen molar-refractivity contribution in [1.82, 2.24) is 14.7 Å². The summed E-state index contributed by atoms with van der Waals surface area (Å²) in [6.45, 7) is 4.71. The monoisotopic (exact) mass is 343 g/mol. The number of rotatable bonds is 4. The van der Waals surface area contributed by atoms with E-state index >= 15 is 0 Å². The highest BCUT2D eigenvalue weighted by atomic mass is 16.4. The van der Waals surface area contributed by atoms with E-state index in [4.69, 9.17) is 0 Å². The van der Waals surface area contributed by atoms with Gasteiger partial charge < -0.3 is 10.0 Å². The van der Waals surface area contributed by atoms with Gasteiger partial charge in [0, 0.05) is 18.5 Å². The Hall–Kier alpha value is -2.70. The van der Waals surface area contributed by atoms with Crippen molar-refractivity contribution in [3.63, 3.8) is 0 Å². The number of likely N-dealkylation sites (tertiary alicyclic amines) is 1. The molecule has 1 aliphatic rings. The summed E-state index contributed by atoms with van der Waals surface area (Å²) in [6, 6.07) is 6.01. The van der Waals surface area contributed by atoms with E-state index < -0.39 is 17.9 Å². The van der Waals surface area contributed by atoms with E-state index in [2.05, 4.69) is 5.10 Å². The third kappa shape index (κ3) is 3.14. The van der Waals surface area contributed by atoms with Crippen molar-refractivity contribution in [3.8, 4) is 0 Å². The molecule has 1 unspecified atom stereocenters. The maximum absolute atomic E-state index is 13.0. The predicted molar refractivity (Wildman–Crippen MR) is 92.5 cm³/mol. The number of fused-ring (bicyclic) bond motifs is 1. The Labute approximate surface area is 144 Å². The van der Waals surface area contributed by atoms with E-state index in [9.17, 15) is 19.5 Å². The van der Waals surface area contributed by atoms with Crippen LogP contribution in [0.25, 0.3) is 10.8 Å². The van der Waals surface area contributed by atoms with Crippen molar-refractivity contribution >= 4 is 22.6 Å². The molecule has 2 heterocycles. The first kappa shape index (κ1) is 17.1. The molecule has 1 fully saturated rings. The zero-order chi connectivity index (χ0) is 18.1. The largest absolute Gasteiger partial charge is 0.480 e. The van der Waals surface area contributed by atoms with Gasteiger partial charge in [-0.25, -0.2) is 9.48 Å². The van der Waals surface area contributed by atoms with Gasteiger partial charge in [-0.3, -0.25) is 9.59 Å². The molecule has 0 aliphatic carbocycles. The van der Waals surface area contributed by atoms with Gasteiger partial charge in [0.15, 0.2) is 5.69 Å². The molecule has 132 valence electrons. The van der Waals surface area contributed by atoms with Crippen molar-refractivity contribution < 1.29 is 14.7 Å². The fourth-order valence-corrected chi connectivity index (χ4v) is 3.27. The van der Waals surface area contributed by atoms with Gasteiger partial charge in [-0.05, 0) is 24.8 Å². The van der Waals surface area contributed by atoms with Gasteiger partial charge in [0.2, 0.25) is 0 Å². The van der Waals surface area contributed by atoms with Gasteiger partial charge in [-0.2, -0.15) is 5.10 Å². The van der Waals surface area contributed by atoms with E-state index in [-0.39, 0.29) is 17.2 Å². The second-order valence-corrected chi connectivity index (χ2v) is 6.77. The molecule has 7 heteroatoms. The molecule has 2 aromatic rings. The number of amides is 1. The number of nitrogens with zero attached hydrogens (tertiary/aromatic N) is 3. The van der Waals surface area contributed by atoms with Gasteiger partial charge in [-0.1, -0.05) is 32.0 Å². The summed E-state index contributed by atoms with van der Waals surface area (Å²) in [5, 5.41) is 14.5. The minimum atomic E-state index is -1.01. The minimum Gasteiger partial charge on any atom is -0.480 e.